The Kier molecular flexibility index (Phi) is 7.06. The van der Waals surface area contributed by atoms with E-state index in [1.54, 1.807) is 11.8 Å². The van der Waals surface area contributed by atoms with Crippen LogP contribution < -0.4 is 5.32 Å². The van der Waals surface area contributed by atoms with Crippen LogP contribution in [0.4, 0.5) is 0 Å². The van der Waals surface area contributed by atoms with Crippen LogP contribution in [0.5, 0.6) is 0 Å². The van der Waals surface area contributed by atoms with Gasteiger partial charge in [-0.25, -0.2) is 4.68 Å². The Hall–Kier alpha value is -2.12. The summed E-state index contributed by atoms with van der Waals surface area (Å²) < 4.78 is 4.18. The van der Waals surface area contributed by atoms with Gasteiger partial charge >= 0.3 is 0 Å². The number of hydrogen-bond donors (Lipinski definition) is 1. The Labute approximate surface area is 165 Å². The zero-order valence-corrected chi connectivity index (χ0v) is 17.1. The summed E-state index contributed by atoms with van der Waals surface area (Å²) in [5.41, 5.74) is 2.27. The van der Waals surface area contributed by atoms with Crippen molar-refractivity contribution in [2.75, 3.05) is 12.8 Å². The van der Waals surface area contributed by atoms with Crippen molar-refractivity contribution in [3.63, 3.8) is 0 Å². The molecule has 0 saturated heterocycles. The lowest BCUT2D eigenvalue weighted by Crippen LogP contribution is -2.16. The molecule has 0 spiro atoms. The molecule has 0 aliphatic rings. The van der Waals surface area contributed by atoms with E-state index in [9.17, 15) is 0 Å². The number of nitrogens with zero attached hydrogens (tertiary/aromatic N) is 5. The number of nitrogens with one attached hydrogen (secondary N) is 1. The number of hydrogen-bond acceptors (Lipinski definition) is 5. The molecule has 2 aromatic heterocycles. The molecule has 1 N–H and O–H groups in total. The lowest BCUT2D eigenvalue weighted by Gasteiger charge is -2.11. The van der Waals surface area contributed by atoms with Crippen molar-refractivity contribution in [2.45, 2.75) is 44.9 Å². The quantitative estimate of drug-likeness (QED) is 0.428. The van der Waals surface area contributed by atoms with Gasteiger partial charge in [-0.1, -0.05) is 43.8 Å². The molecule has 1 aromatic carbocycles. The molecule has 27 heavy (non-hydrogen) atoms. The monoisotopic (exact) mass is 384 g/mol. The van der Waals surface area contributed by atoms with Crippen LogP contribution in [0.1, 0.15) is 31.7 Å². The highest BCUT2D eigenvalue weighted by Gasteiger charge is 2.12. The molecule has 0 saturated carbocycles. The van der Waals surface area contributed by atoms with Gasteiger partial charge in [-0.2, -0.15) is 5.10 Å². The van der Waals surface area contributed by atoms with Gasteiger partial charge in [-0.3, -0.25) is 0 Å². The summed E-state index contributed by atoms with van der Waals surface area (Å²) in [5, 5.41) is 17.6. The standard InChI is InChI=1S/C20H28N6S/c1-16(2)14-25-19(23-24-20(25)27-3)10-7-11-21-12-17-13-22-26(15-17)18-8-5-4-6-9-18/h4-6,8-9,13,15-16,21H,7,10-12,14H2,1-3H3. The van der Waals surface area contributed by atoms with Crippen LogP contribution in [0, 0.1) is 5.92 Å². The third kappa shape index (κ3) is 5.43. The molecule has 0 aliphatic carbocycles. The first-order valence-electron chi connectivity index (χ1n) is 9.43. The molecule has 0 radical (unpaired) electrons. The van der Waals surface area contributed by atoms with Gasteiger partial charge in [0.25, 0.3) is 0 Å². The molecule has 0 atom stereocenters. The minimum absolute atomic E-state index is 0.588. The maximum absolute atomic E-state index is 4.44. The molecular formula is C20H28N6S. The SMILES string of the molecule is CSc1nnc(CCCNCc2cnn(-c3ccccc3)c2)n1CC(C)C. The molecule has 144 valence electrons. The van der Waals surface area contributed by atoms with Gasteiger partial charge in [0.2, 0.25) is 0 Å². The first-order chi connectivity index (χ1) is 13.2. The fourth-order valence-corrected chi connectivity index (χ4v) is 3.50. The van der Waals surface area contributed by atoms with Crippen molar-refractivity contribution in [3.05, 3.63) is 54.1 Å². The lowest BCUT2D eigenvalue weighted by atomic mass is 10.2. The van der Waals surface area contributed by atoms with Crippen LogP contribution in [0.3, 0.4) is 0 Å². The topological polar surface area (TPSA) is 60.6 Å². The van der Waals surface area contributed by atoms with Gasteiger partial charge in [0.05, 0.1) is 11.9 Å². The van der Waals surface area contributed by atoms with E-state index < -0.39 is 0 Å². The number of aromatic nitrogens is 5. The van der Waals surface area contributed by atoms with Gasteiger partial charge in [0.15, 0.2) is 5.16 Å². The summed E-state index contributed by atoms with van der Waals surface area (Å²) in [4.78, 5) is 0. The van der Waals surface area contributed by atoms with E-state index in [0.717, 1.165) is 49.1 Å². The Morgan fingerprint density at radius 2 is 1.96 bits per heavy atom. The number of aryl methyl sites for hydroxylation is 1. The number of benzene rings is 1. The van der Waals surface area contributed by atoms with Gasteiger partial charge in [0.1, 0.15) is 5.82 Å². The Morgan fingerprint density at radius 1 is 1.15 bits per heavy atom. The second-order valence-corrected chi connectivity index (χ2v) is 7.79. The summed E-state index contributed by atoms with van der Waals surface area (Å²) in [6.07, 6.45) is 8.03. The van der Waals surface area contributed by atoms with E-state index in [4.69, 9.17) is 0 Å². The van der Waals surface area contributed by atoms with Gasteiger partial charge in [0, 0.05) is 31.3 Å². The largest absolute Gasteiger partial charge is 0.313 e. The molecule has 0 unspecified atom stereocenters. The summed E-state index contributed by atoms with van der Waals surface area (Å²) >= 11 is 1.66. The van der Waals surface area contributed by atoms with Crippen molar-refractivity contribution < 1.29 is 0 Å². The van der Waals surface area contributed by atoms with Crippen molar-refractivity contribution >= 4 is 11.8 Å². The zero-order chi connectivity index (χ0) is 19.1. The Morgan fingerprint density at radius 3 is 2.70 bits per heavy atom. The van der Waals surface area contributed by atoms with Crippen LogP contribution in [0.15, 0.2) is 47.9 Å². The molecular weight excluding hydrogens is 356 g/mol. The Balaban J connectivity index is 1.45. The molecule has 0 aliphatic heterocycles. The third-order valence-corrected chi connectivity index (χ3v) is 4.93. The zero-order valence-electron chi connectivity index (χ0n) is 16.3. The van der Waals surface area contributed by atoms with Gasteiger partial charge in [-0.05, 0) is 37.3 Å². The molecule has 3 aromatic rings. The van der Waals surface area contributed by atoms with Crippen LogP contribution >= 0.6 is 11.8 Å². The first kappa shape index (κ1) is 19.6. The molecule has 0 fully saturated rings. The van der Waals surface area contributed by atoms with E-state index in [1.807, 2.05) is 29.1 Å². The minimum atomic E-state index is 0.588. The summed E-state index contributed by atoms with van der Waals surface area (Å²) in [6.45, 7) is 7.20. The van der Waals surface area contributed by atoms with E-state index in [0.29, 0.717) is 5.92 Å². The average Bonchev–Trinajstić information content (AvgIpc) is 3.29. The molecule has 0 amide bonds. The smallest absolute Gasteiger partial charge is 0.190 e. The second-order valence-electron chi connectivity index (χ2n) is 7.02. The van der Waals surface area contributed by atoms with Gasteiger partial charge in [-0.15, -0.1) is 10.2 Å². The van der Waals surface area contributed by atoms with Crippen LogP contribution in [-0.4, -0.2) is 37.3 Å². The van der Waals surface area contributed by atoms with E-state index in [2.05, 4.69) is 63.6 Å². The summed E-state index contributed by atoms with van der Waals surface area (Å²) in [5.74, 6) is 1.68. The predicted octanol–water partition coefficient (Wildman–Crippen LogP) is 3.56. The highest BCUT2D eigenvalue weighted by Crippen LogP contribution is 2.16. The molecule has 0 bridgehead atoms. The normalized spacial score (nSPS) is 11.4. The summed E-state index contributed by atoms with van der Waals surface area (Å²) in [6, 6.07) is 10.2. The van der Waals surface area contributed by atoms with Crippen LogP contribution in [-0.2, 0) is 19.5 Å². The van der Waals surface area contributed by atoms with Crippen LogP contribution in [0.2, 0.25) is 0 Å². The molecule has 3 rings (SSSR count). The fourth-order valence-electron chi connectivity index (χ4n) is 2.98. The predicted molar refractivity (Wildman–Crippen MR) is 110 cm³/mol. The highest BCUT2D eigenvalue weighted by molar-refractivity contribution is 7.98. The molecule has 7 heteroatoms. The summed E-state index contributed by atoms with van der Waals surface area (Å²) in [7, 11) is 0. The van der Waals surface area contributed by atoms with Crippen molar-refractivity contribution in [1.29, 1.82) is 0 Å². The number of para-hydroxylation sites is 1. The second kappa shape index (κ2) is 9.71. The fraction of sp³-hybridized carbons (Fsp3) is 0.450. The maximum atomic E-state index is 4.44. The van der Waals surface area contributed by atoms with E-state index >= 15 is 0 Å². The van der Waals surface area contributed by atoms with Crippen molar-refractivity contribution in [2.24, 2.45) is 5.92 Å². The van der Waals surface area contributed by atoms with E-state index in [1.165, 1.54) is 5.56 Å². The van der Waals surface area contributed by atoms with Crippen molar-refractivity contribution in [3.8, 4) is 5.69 Å². The van der Waals surface area contributed by atoms with Crippen LogP contribution in [0.25, 0.3) is 5.69 Å². The lowest BCUT2D eigenvalue weighted by molar-refractivity contribution is 0.475. The van der Waals surface area contributed by atoms with E-state index in [-0.39, 0.29) is 0 Å². The minimum Gasteiger partial charge on any atom is -0.313 e. The molecule has 2 heterocycles. The average molecular weight is 385 g/mol. The van der Waals surface area contributed by atoms with Crippen molar-refractivity contribution in [1.82, 2.24) is 29.9 Å². The molecule has 6 nitrogen and oxygen atoms in total. The highest BCUT2D eigenvalue weighted by atomic mass is 32.2. The number of thioether (sulfide) groups is 1. The third-order valence-electron chi connectivity index (χ3n) is 4.26. The Bertz CT molecular complexity index is 824. The van der Waals surface area contributed by atoms with Gasteiger partial charge < -0.3 is 9.88 Å². The number of rotatable bonds is 10. The maximum Gasteiger partial charge on any atom is 0.190 e. The first-order valence-corrected chi connectivity index (χ1v) is 10.7.